The third-order valence-electron chi connectivity index (χ3n) is 4.68. The number of guanidine groups is 1. The maximum atomic E-state index is 6.13. The number of aryl methyl sites for hydroxylation is 1. The maximum Gasteiger partial charge on any atom is 0.191 e. The van der Waals surface area contributed by atoms with Gasteiger partial charge in [-0.25, -0.2) is 4.99 Å². The van der Waals surface area contributed by atoms with Crippen LogP contribution in [0.1, 0.15) is 44.7 Å². The third kappa shape index (κ3) is 9.50. The summed E-state index contributed by atoms with van der Waals surface area (Å²) in [5.41, 5.74) is 2.30. The molecule has 0 saturated carbocycles. The van der Waals surface area contributed by atoms with E-state index in [-0.39, 0.29) is 0 Å². The van der Waals surface area contributed by atoms with E-state index in [1.165, 1.54) is 5.56 Å². The van der Waals surface area contributed by atoms with Gasteiger partial charge in [-0.2, -0.15) is 0 Å². The van der Waals surface area contributed by atoms with Gasteiger partial charge >= 0.3 is 0 Å². The molecule has 1 heterocycles. The number of nitrogens with zero attached hydrogens (tertiary/aromatic N) is 1. The van der Waals surface area contributed by atoms with Crippen LogP contribution >= 0.6 is 0 Å². The Labute approximate surface area is 176 Å². The van der Waals surface area contributed by atoms with E-state index >= 15 is 0 Å². The molecule has 1 aromatic rings. The van der Waals surface area contributed by atoms with Crippen LogP contribution in [0.4, 0.5) is 0 Å². The molecule has 1 aromatic carbocycles. The summed E-state index contributed by atoms with van der Waals surface area (Å²) in [5, 5.41) is 6.70. The molecule has 0 aliphatic carbocycles. The normalized spacial score (nSPS) is 17.0. The van der Waals surface area contributed by atoms with Crippen LogP contribution in [-0.2, 0) is 16.0 Å². The number of aliphatic imine (C=N–C) groups is 1. The molecule has 1 atom stereocenters. The molecule has 29 heavy (non-hydrogen) atoms. The van der Waals surface area contributed by atoms with Gasteiger partial charge in [-0.3, -0.25) is 0 Å². The van der Waals surface area contributed by atoms with Crippen molar-refractivity contribution in [2.24, 2.45) is 16.8 Å². The summed E-state index contributed by atoms with van der Waals surface area (Å²) in [4.78, 5) is 4.75. The zero-order chi connectivity index (χ0) is 20.9. The molecule has 0 radical (unpaired) electrons. The molecule has 6 nitrogen and oxygen atoms in total. The fourth-order valence-corrected chi connectivity index (χ4v) is 3.06. The predicted molar refractivity (Wildman–Crippen MR) is 119 cm³/mol. The highest BCUT2D eigenvalue weighted by molar-refractivity contribution is 5.79. The van der Waals surface area contributed by atoms with Crippen LogP contribution in [0.3, 0.4) is 0 Å². The average Bonchev–Trinajstić information content (AvgIpc) is 3.21. The number of hydrogen-bond acceptors (Lipinski definition) is 4. The second-order valence-electron chi connectivity index (χ2n) is 8.10. The first-order valence-corrected chi connectivity index (χ1v) is 11.0. The second kappa shape index (κ2) is 13.4. The molecule has 164 valence electrons. The van der Waals surface area contributed by atoms with Crippen LogP contribution in [0.25, 0.3) is 0 Å². The van der Waals surface area contributed by atoms with Gasteiger partial charge in [0, 0.05) is 44.4 Å². The van der Waals surface area contributed by atoms with E-state index in [9.17, 15) is 0 Å². The Morgan fingerprint density at radius 2 is 2.17 bits per heavy atom. The molecular formula is C23H39N3O3. The Hall–Kier alpha value is -1.79. The lowest BCUT2D eigenvalue weighted by Crippen LogP contribution is -2.38. The third-order valence-corrected chi connectivity index (χ3v) is 4.68. The Morgan fingerprint density at radius 1 is 1.31 bits per heavy atom. The van der Waals surface area contributed by atoms with Crippen LogP contribution in [0.15, 0.2) is 23.2 Å². The summed E-state index contributed by atoms with van der Waals surface area (Å²) in [5.74, 6) is 2.82. The van der Waals surface area contributed by atoms with Crippen LogP contribution in [-0.4, -0.2) is 52.1 Å². The van der Waals surface area contributed by atoms with E-state index in [2.05, 4.69) is 56.5 Å². The van der Waals surface area contributed by atoms with Crippen molar-refractivity contribution in [3.05, 3.63) is 29.3 Å². The fourth-order valence-electron chi connectivity index (χ4n) is 3.06. The van der Waals surface area contributed by atoms with E-state index in [0.717, 1.165) is 69.6 Å². The van der Waals surface area contributed by atoms with E-state index in [1.807, 2.05) is 0 Å². The molecule has 0 aromatic heterocycles. The van der Waals surface area contributed by atoms with Gasteiger partial charge in [-0.05, 0) is 44.2 Å². The summed E-state index contributed by atoms with van der Waals surface area (Å²) in [6.07, 6.45) is 2.04. The van der Waals surface area contributed by atoms with Crippen molar-refractivity contribution >= 4 is 5.96 Å². The van der Waals surface area contributed by atoms with Crippen LogP contribution in [0.5, 0.6) is 5.75 Å². The highest BCUT2D eigenvalue weighted by atomic mass is 16.5. The number of rotatable bonds is 12. The molecule has 1 saturated heterocycles. The minimum absolute atomic E-state index is 0.490. The molecule has 1 unspecified atom stereocenters. The van der Waals surface area contributed by atoms with Crippen molar-refractivity contribution in [2.75, 3.05) is 46.1 Å². The Kier molecular flexibility index (Phi) is 10.9. The van der Waals surface area contributed by atoms with E-state index in [4.69, 9.17) is 19.2 Å². The zero-order valence-corrected chi connectivity index (χ0v) is 18.6. The number of benzene rings is 1. The summed E-state index contributed by atoms with van der Waals surface area (Å²) in [6, 6.07) is 6.33. The van der Waals surface area contributed by atoms with Gasteiger partial charge in [-0.1, -0.05) is 26.0 Å². The molecule has 1 aliphatic heterocycles. The number of ether oxygens (including phenoxy) is 3. The minimum atomic E-state index is 0.490. The molecular weight excluding hydrogens is 366 g/mol. The largest absolute Gasteiger partial charge is 0.493 e. The SMILES string of the molecule is CCNC(=NCc1ccc(C)cc1OCC1CCOC1)NCCCOCC(C)C. The van der Waals surface area contributed by atoms with Gasteiger partial charge in [0.2, 0.25) is 0 Å². The Balaban J connectivity index is 1.86. The fraction of sp³-hybridized carbons (Fsp3) is 0.696. The van der Waals surface area contributed by atoms with Crippen molar-refractivity contribution in [3.8, 4) is 5.75 Å². The first-order valence-electron chi connectivity index (χ1n) is 11.0. The molecule has 0 spiro atoms. The number of hydrogen-bond donors (Lipinski definition) is 2. The summed E-state index contributed by atoms with van der Waals surface area (Å²) in [6.45, 7) is 14.7. The van der Waals surface area contributed by atoms with Crippen molar-refractivity contribution < 1.29 is 14.2 Å². The topological polar surface area (TPSA) is 64.1 Å². The molecule has 6 heteroatoms. The van der Waals surface area contributed by atoms with Crippen LogP contribution < -0.4 is 15.4 Å². The predicted octanol–water partition coefficient (Wildman–Crippen LogP) is 3.53. The zero-order valence-electron chi connectivity index (χ0n) is 18.6. The molecule has 0 bridgehead atoms. The molecule has 2 rings (SSSR count). The highest BCUT2D eigenvalue weighted by Gasteiger charge is 2.17. The van der Waals surface area contributed by atoms with Gasteiger partial charge in [0.25, 0.3) is 0 Å². The standard InChI is InChI=1S/C23H39N3O3/c1-5-24-23(25-10-6-11-27-15-18(2)3)26-14-21-8-7-19(4)13-22(21)29-17-20-9-12-28-16-20/h7-8,13,18,20H,5-6,9-12,14-17H2,1-4H3,(H2,24,25,26). The first-order chi connectivity index (χ1) is 14.1. The molecule has 1 fully saturated rings. The van der Waals surface area contributed by atoms with Crippen molar-refractivity contribution in [1.29, 1.82) is 0 Å². The smallest absolute Gasteiger partial charge is 0.191 e. The lowest BCUT2D eigenvalue weighted by atomic mass is 10.1. The Bertz CT molecular complexity index is 613. The molecule has 2 N–H and O–H groups in total. The van der Waals surface area contributed by atoms with Gasteiger partial charge in [0.05, 0.1) is 19.8 Å². The minimum Gasteiger partial charge on any atom is -0.493 e. The average molecular weight is 406 g/mol. The lowest BCUT2D eigenvalue weighted by molar-refractivity contribution is 0.108. The lowest BCUT2D eigenvalue weighted by Gasteiger charge is -2.15. The number of nitrogens with one attached hydrogen (secondary N) is 2. The highest BCUT2D eigenvalue weighted by Crippen LogP contribution is 2.23. The maximum absolute atomic E-state index is 6.13. The second-order valence-corrected chi connectivity index (χ2v) is 8.10. The van der Waals surface area contributed by atoms with Crippen molar-refractivity contribution in [3.63, 3.8) is 0 Å². The first kappa shape index (κ1) is 23.5. The van der Waals surface area contributed by atoms with Crippen LogP contribution in [0, 0.1) is 18.8 Å². The summed E-state index contributed by atoms with van der Waals surface area (Å²) in [7, 11) is 0. The summed E-state index contributed by atoms with van der Waals surface area (Å²) < 4.78 is 17.2. The van der Waals surface area contributed by atoms with Gasteiger partial charge in [0.15, 0.2) is 5.96 Å². The summed E-state index contributed by atoms with van der Waals surface area (Å²) >= 11 is 0. The van der Waals surface area contributed by atoms with E-state index < -0.39 is 0 Å². The van der Waals surface area contributed by atoms with E-state index in [1.54, 1.807) is 0 Å². The molecule has 1 aliphatic rings. The van der Waals surface area contributed by atoms with Gasteiger partial charge < -0.3 is 24.8 Å². The van der Waals surface area contributed by atoms with Crippen molar-refractivity contribution in [1.82, 2.24) is 10.6 Å². The molecule has 0 amide bonds. The van der Waals surface area contributed by atoms with E-state index in [0.29, 0.717) is 25.0 Å². The Morgan fingerprint density at radius 3 is 2.90 bits per heavy atom. The van der Waals surface area contributed by atoms with Crippen LogP contribution in [0.2, 0.25) is 0 Å². The quantitative estimate of drug-likeness (QED) is 0.316. The monoisotopic (exact) mass is 405 g/mol. The van der Waals surface area contributed by atoms with Gasteiger partial charge in [-0.15, -0.1) is 0 Å². The van der Waals surface area contributed by atoms with Gasteiger partial charge in [0.1, 0.15) is 5.75 Å². The van der Waals surface area contributed by atoms with Crippen molar-refractivity contribution in [2.45, 2.75) is 47.1 Å².